The minimum Gasteiger partial charge on any atom is -0.354 e. The van der Waals surface area contributed by atoms with Crippen LogP contribution in [0.25, 0.3) is 0 Å². The molecule has 1 amide bonds. The lowest BCUT2D eigenvalue weighted by molar-refractivity contribution is -0.124. The molecule has 1 aliphatic carbocycles. The highest BCUT2D eigenvalue weighted by Gasteiger charge is 2.50. The Labute approximate surface area is 115 Å². The summed E-state index contributed by atoms with van der Waals surface area (Å²) in [7, 11) is -3.40. The first-order valence-electron chi connectivity index (χ1n) is 6.88. The Morgan fingerprint density at radius 2 is 1.84 bits per heavy atom. The number of carbonyl (C=O) groups excluding carboxylic acids is 1. The van der Waals surface area contributed by atoms with E-state index in [-0.39, 0.29) is 5.91 Å². The zero-order chi connectivity index (χ0) is 14.3. The van der Waals surface area contributed by atoms with Gasteiger partial charge in [-0.05, 0) is 43.7 Å². The molecule has 0 aromatic heterocycles. The van der Waals surface area contributed by atoms with E-state index in [1.54, 1.807) is 0 Å². The predicted molar refractivity (Wildman–Crippen MR) is 74.6 cm³/mol. The SMILES string of the molecule is CC1(C)CC1CNC(=O)C1(S(C)(=O)=O)CCNCC1. The van der Waals surface area contributed by atoms with Crippen molar-refractivity contribution < 1.29 is 13.2 Å². The van der Waals surface area contributed by atoms with E-state index in [0.29, 0.717) is 43.8 Å². The smallest absolute Gasteiger partial charge is 0.241 e. The van der Waals surface area contributed by atoms with Gasteiger partial charge in [-0.25, -0.2) is 8.42 Å². The first-order valence-corrected chi connectivity index (χ1v) is 8.77. The first-order chi connectivity index (χ1) is 8.69. The Hall–Kier alpha value is -0.620. The molecule has 1 heterocycles. The Morgan fingerprint density at radius 3 is 2.26 bits per heavy atom. The van der Waals surface area contributed by atoms with Gasteiger partial charge in [0.15, 0.2) is 14.6 Å². The number of piperidine rings is 1. The van der Waals surface area contributed by atoms with Gasteiger partial charge in [0.1, 0.15) is 0 Å². The number of amides is 1. The van der Waals surface area contributed by atoms with Crippen LogP contribution < -0.4 is 10.6 Å². The van der Waals surface area contributed by atoms with E-state index in [1.807, 2.05) is 0 Å². The Morgan fingerprint density at radius 1 is 1.32 bits per heavy atom. The maximum Gasteiger partial charge on any atom is 0.241 e. The van der Waals surface area contributed by atoms with Crippen molar-refractivity contribution in [2.24, 2.45) is 11.3 Å². The monoisotopic (exact) mass is 288 g/mol. The summed E-state index contributed by atoms with van der Waals surface area (Å²) >= 11 is 0. The van der Waals surface area contributed by atoms with Gasteiger partial charge in [0.2, 0.25) is 5.91 Å². The van der Waals surface area contributed by atoms with Crippen molar-refractivity contribution in [3.63, 3.8) is 0 Å². The highest BCUT2D eigenvalue weighted by atomic mass is 32.2. The van der Waals surface area contributed by atoms with Crippen LogP contribution in [0.4, 0.5) is 0 Å². The molecule has 2 aliphatic rings. The second kappa shape index (κ2) is 4.74. The van der Waals surface area contributed by atoms with Crippen LogP contribution in [0.5, 0.6) is 0 Å². The summed E-state index contributed by atoms with van der Waals surface area (Å²) in [5.74, 6) is 0.175. The van der Waals surface area contributed by atoms with Gasteiger partial charge in [-0.2, -0.15) is 0 Å². The van der Waals surface area contributed by atoms with Gasteiger partial charge < -0.3 is 10.6 Å². The van der Waals surface area contributed by atoms with Crippen molar-refractivity contribution in [2.45, 2.75) is 37.9 Å². The minimum atomic E-state index is -3.40. The fraction of sp³-hybridized carbons (Fsp3) is 0.923. The largest absolute Gasteiger partial charge is 0.354 e. The molecule has 0 aromatic rings. The molecule has 0 aromatic carbocycles. The second-order valence-electron chi connectivity index (χ2n) is 6.62. The zero-order valence-electron chi connectivity index (χ0n) is 12.0. The lowest BCUT2D eigenvalue weighted by Gasteiger charge is -2.34. The van der Waals surface area contributed by atoms with Crippen molar-refractivity contribution in [2.75, 3.05) is 25.9 Å². The molecule has 1 saturated carbocycles. The first kappa shape index (κ1) is 14.8. The van der Waals surface area contributed by atoms with Crippen molar-refractivity contribution in [1.82, 2.24) is 10.6 Å². The average Bonchev–Trinajstić information content (AvgIpc) is 2.93. The number of carbonyl (C=O) groups is 1. The summed E-state index contributed by atoms with van der Waals surface area (Å²) in [6.07, 6.45) is 3.01. The van der Waals surface area contributed by atoms with Crippen LogP contribution in [-0.2, 0) is 14.6 Å². The third kappa shape index (κ3) is 2.79. The quantitative estimate of drug-likeness (QED) is 0.781. The lowest BCUT2D eigenvalue weighted by Crippen LogP contribution is -2.57. The van der Waals surface area contributed by atoms with Crippen LogP contribution in [0.3, 0.4) is 0 Å². The third-order valence-corrected chi connectivity index (χ3v) is 6.77. The maximum atomic E-state index is 12.4. The van der Waals surface area contributed by atoms with Crippen molar-refractivity contribution in [3.05, 3.63) is 0 Å². The van der Waals surface area contributed by atoms with Gasteiger partial charge in [0, 0.05) is 12.8 Å². The van der Waals surface area contributed by atoms with Crippen molar-refractivity contribution >= 4 is 15.7 Å². The molecule has 2 N–H and O–H groups in total. The summed E-state index contributed by atoms with van der Waals surface area (Å²) in [5.41, 5.74) is 0.291. The standard InChI is InChI=1S/C13H24N2O3S/c1-12(2)8-10(12)9-15-11(16)13(19(3,17)18)4-6-14-7-5-13/h10,14H,4-9H2,1-3H3,(H,15,16). The van der Waals surface area contributed by atoms with Crippen LogP contribution in [0.1, 0.15) is 33.1 Å². The van der Waals surface area contributed by atoms with E-state index < -0.39 is 14.6 Å². The number of hydrogen-bond acceptors (Lipinski definition) is 4. The minimum absolute atomic E-state index is 0.291. The molecular formula is C13H24N2O3S. The van der Waals surface area contributed by atoms with Gasteiger partial charge in [0.05, 0.1) is 0 Å². The van der Waals surface area contributed by atoms with Crippen LogP contribution >= 0.6 is 0 Å². The topological polar surface area (TPSA) is 75.3 Å². The van der Waals surface area contributed by atoms with E-state index >= 15 is 0 Å². The Bertz CT molecular complexity index is 464. The molecule has 0 bridgehead atoms. The van der Waals surface area contributed by atoms with Gasteiger partial charge in [-0.15, -0.1) is 0 Å². The number of hydrogen-bond donors (Lipinski definition) is 2. The van der Waals surface area contributed by atoms with Crippen molar-refractivity contribution in [3.8, 4) is 0 Å². The molecule has 1 saturated heterocycles. The molecule has 19 heavy (non-hydrogen) atoms. The highest BCUT2D eigenvalue weighted by Crippen LogP contribution is 2.51. The third-order valence-electron chi connectivity index (χ3n) is 4.76. The molecular weight excluding hydrogens is 264 g/mol. The molecule has 1 unspecified atom stereocenters. The molecule has 2 rings (SSSR count). The highest BCUT2D eigenvalue weighted by molar-refractivity contribution is 7.92. The zero-order valence-corrected chi connectivity index (χ0v) is 12.8. The molecule has 0 spiro atoms. The molecule has 5 nitrogen and oxygen atoms in total. The van der Waals surface area contributed by atoms with E-state index in [2.05, 4.69) is 24.5 Å². The van der Waals surface area contributed by atoms with Crippen LogP contribution in [0.2, 0.25) is 0 Å². The van der Waals surface area contributed by atoms with Crippen LogP contribution in [-0.4, -0.2) is 45.0 Å². The van der Waals surface area contributed by atoms with E-state index in [1.165, 1.54) is 6.26 Å². The van der Waals surface area contributed by atoms with Gasteiger partial charge in [0.25, 0.3) is 0 Å². The molecule has 6 heteroatoms. The fourth-order valence-corrected chi connectivity index (χ4v) is 4.25. The summed E-state index contributed by atoms with van der Waals surface area (Å²) in [4.78, 5) is 12.4. The van der Waals surface area contributed by atoms with E-state index in [0.717, 1.165) is 6.42 Å². The van der Waals surface area contributed by atoms with Crippen LogP contribution in [0, 0.1) is 11.3 Å². The lowest BCUT2D eigenvalue weighted by atomic mass is 9.95. The van der Waals surface area contributed by atoms with Gasteiger partial charge in [-0.3, -0.25) is 4.79 Å². The average molecular weight is 288 g/mol. The Kier molecular flexibility index (Phi) is 3.68. The predicted octanol–water partition coefficient (Wildman–Crippen LogP) is 0.316. The Balaban J connectivity index is 2.04. The van der Waals surface area contributed by atoms with Gasteiger partial charge in [-0.1, -0.05) is 13.8 Å². The molecule has 110 valence electrons. The van der Waals surface area contributed by atoms with E-state index in [9.17, 15) is 13.2 Å². The summed E-state index contributed by atoms with van der Waals surface area (Å²) in [6.45, 7) is 6.09. The normalized spacial score (nSPS) is 28.7. The second-order valence-corrected chi connectivity index (χ2v) is 8.94. The number of sulfone groups is 1. The van der Waals surface area contributed by atoms with Crippen molar-refractivity contribution in [1.29, 1.82) is 0 Å². The summed E-state index contributed by atoms with van der Waals surface area (Å²) < 4.78 is 22.9. The maximum absolute atomic E-state index is 12.4. The van der Waals surface area contributed by atoms with Crippen LogP contribution in [0.15, 0.2) is 0 Å². The molecule has 1 aliphatic heterocycles. The number of rotatable bonds is 4. The van der Waals surface area contributed by atoms with E-state index in [4.69, 9.17) is 0 Å². The summed E-state index contributed by atoms with van der Waals surface area (Å²) in [5, 5.41) is 5.98. The molecule has 0 radical (unpaired) electrons. The summed E-state index contributed by atoms with van der Waals surface area (Å²) in [6, 6.07) is 0. The van der Waals surface area contributed by atoms with Gasteiger partial charge >= 0.3 is 0 Å². The fourth-order valence-electron chi connectivity index (χ4n) is 2.90. The molecule has 2 fully saturated rings. The number of nitrogens with one attached hydrogen (secondary N) is 2. The molecule has 1 atom stereocenters.